The normalized spacial score (nSPS) is 10.3. The number of allylic oxidation sites excluding steroid dienone is 1. The molecule has 0 saturated carbocycles. The fraction of sp³-hybridized carbons (Fsp3) is 0.182. The van der Waals surface area contributed by atoms with Crippen molar-refractivity contribution in [3.63, 3.8) is 0 Å². The summed E-state index contributed by atoms with van der Waals surface area (Å²) in [5.74, 6) is 0. The lowest BCUT2D eigenvalue weighted by Crippen LogP contribution is -2.04. The molecule has 68 valence electrons. The summed E-state index contributed by atoms with van der Waals surface area (Å²) in [5.41, 5.74) is 2.22. The van der Waals surface area contributed by atoms with Gasteiger partial charge in [-0.25, -0.2) is 0 Å². The number of hydrogen-bond acceptors (Lipinski definition) is 1. The number of rotatable bonds is 2. The molecule has 0 atom stereocenters. The molecule has 0 heterocycles. The molecule has 13 heavy (non-hydrogen) atoms. The lowest BCUT2D eigenvalue weighted by atomic mass is 10.1. The van der Waals surface area contributed by atoms with Crippen molar-refractivity contribution in [1.29, 1.82) is 0 Å². The van der Waals surface area contributed by atoms with Gasteiger partial charge >= 0.3 is 0 Å². The van der Waals surface area contributed by atoms with Crippen molar-refractivity contribution in [1.82, 2.24) is 0 Å². The zero-order chi connectivity index (χ0) is 9.68. The minimum atomic E-state index is 0.789. The van der Waals surface area contributed by atoms with E-state index in [0.29, 0.717) is 0 Å². The first-order valence-corrected chi connectivity index (χ1v) is 4.64. The van der Waals surface area contributed by atoms with E-state index in [1.54, 1.807) is 0 Å². The Morgan fingerprint density at radius 1 is 1.38 bits per heavy atom. The number of benzene rings is 1. The van der Waals surface area contributed by atoms with Crippen molar-refractivity contribution in [2.24, 2.45) is 0 Å². The second kappa shape index (κ2) is 4.77. The Kier molecular flexibility index (Phi) is 3.65. The first-order valence-electron chi connectivity index (χ1n) is 4.23. The Bertz CT molecular complexity index is 329. The summed E-state index contributed by atoms with van der Waals surface area (Å²) in [6.45, 7) is 3.88. The molecule has 1 aromatic rings. The Balaban J connectivity index is 2.97. The molecule has 1 nitrogen and oxygen atoms in total. The van der Waals surface area contributed by atoms with Crippen molar-refractivity contribution in [2.75, 3.05) is 5.32 Å². The molecule has 1 aromatic carbocycles. The summed E-state index contributed by atoms with van der Waals surface area (Å²) in [6.07, 6.45) is 4.07. The van der Waals surface area contributed by atoms with Crippen LogP contribution in [0.1, 0.15) is 19.4 Å². The Labute approximate surface area is 84.5 Å². The zero-order valence-electron chi connectivity index (χ0n) is 7.87. The van der Waals surface area contributed by atoms with Crippen molar-refractivity contribution >= 4 is 29.0 Å². The summed E-state index contributed by atoms with van der Waals surface area (Å²) < 4.78 is 0. The van der Waals surface area contributed by atoms with Crippen LogP contribution < -0.4 is 5.32 Å². The second-order valence-electron chi connectivity index (χ2n) is 2.77. The summed E-state index contributed by atoms with van der Waals surface area (Å²) in [6, 6.07) is 8.08. The molecule has 2 heteroatoms. The molecule has 0 spiro atoms. The molecule has 0 radical (unpaired) electrons. The molecule has 0 aliphatic rings. The quantitative estimate of drug-likeness (QED) is 0.718. The molecule has 0 fully saturated rings. The SMILES string of the molecule is CC=Cc1ccccc1NC(C)=S. The van der Waals surface area contributed by atoms with E-state index in [1.165, 1.54) is 0 Å². The van der Waals surface area contributed by atoms with Gasteiger partial charge in [0.2, 0.25) is 0 Å². The van der Waals surface area contributed by atoms with Gasteiger partial charge in [0.25, 0.3) is 0 Å². The fourth-order valence-corrected chi connectivity index (χ4v) is 1.24. The lowest BCUT2D eigenvalue weighted by molar-refractivity contribution is 1.59. The van der Waals surface area contributed by atoms with Gasteiger partial charge in [0.1, 0.15) is 0 Å². The van der Waals surface area contributed by atoms with E-state index < -0.39 is 0 Å². The average molecular weight is 191 g/mol. The van der Waals surface area contributed by atoms with Crippen LogP contribution in [0, 0.1) is 0 Å². The lowest BCUT2D eigenvalue weighted by Gasteiger charge is -2.06. The van der Waals surface area contributed by atoms with E-state index in [2.05, 4.69) is 17.5 Å². The van der Waals surface area contributed by atoms with Crippen LogP contribution >= 0.6 is 12.2 Å². The molecule has 0 amide bonds. The highest BCUT2D eigenvalue weighted by atomic mass is 32.1. The van der Waals surface area contributed by atoms with Crippen molar-refractivity contribution in [3.05, 3.63) is 35.9 Å². The molecule has 0 aliphatic carbocycles. The van der Waals surface area contributed by atoms with Crippen LogP contribution in [-0.2, 0) is 0 Å². The Morgan fingerprint density at radius 3 is 2.69 bits per heavy atom. The highest BCUT2D eigenvalue weighted by molar-refractivity contribution is 7.80. The monoisotopic (exact) mass is 191 g/mol. The predicted molar refractivity (Wildman–Crippen MR) is 63.0 cm³/mol. The average Bonchev–Trinajstić information content (AvgIpc) is 2.08. The largest absolute Gasteiger partial charge is 0.350 e. The highest BCUT2D eigenvalue weighted by Gasteiger charge is 1.96. The summed E-state index contributed by atoms with van der Waals surface area (Å²) in [7, 11) is 0. The smallest absolute Gasteiger partial charge is 0.0765 e. The van der Waals surface area contributed by atoms with E-state index in [-0.39, 0.29) is 0 Å². The van der Waals surface area contributed by atoms with E-state index in [4.69, 9.17) is 12.2 Å². The Morgan fingerprint density at radius 2 is 2.08 bits per heavy atom. The minimum absolute atomic E-state index is 0.789. The number of anilines is 1. The first kappa shape index (κ1) is 9.93. The van der Waals surface area contributed by atoms with Crippen molar-refractivity contribution < 1.29 is 0 Å². The second-order valence-corrected chi connectivity index (χ2v) is 3.38. The summed E-state index contributed by atoms with van der Waals surface area (Å²) in [4.78, 5) is 0.789. The third kappa shape index (κ3) is 2.99. The molecule has 0 bridgehead atoms. The molecule has 1 rings (SSSR count). The number of thiocarbonyl (C=S) groups is 1. The Hall–Kier alpha value is -1.15. The van der Waals surface area contributed by atoms with Crippen LogP contribution in [0.15, 0.2) is 30.3 Å². The maximum atomic E-state index is 4.99. The third-order valence-electron chi connectivity index (χ3n) is 1.62. The van der Waals surface area contributed by atoms with Crippen LogP contribution in [0.4, 0.5) is 5.69 Å². The number of hydrogen-bond donors (Lipinski definition) is 1. The van der Waals surface area contributed by atoms with Gasteiger partial charge in [-0.2, -0.15) is 0 Å². The summed E-state index contributed by atoms with van der Waals surface area (Å²) >= 11 is 4.99. The highest BCUT2D eigenvalue weighted by Crippen LogP contribution is 2.16. The summed E-state index contributed by atoms with van der Waals surface area (Å²) in [5, 5.41) is 3.14. The van der Waals surface area contributed by atoms with Gasteiger partial charge in [-0.3, -0.25) is 0 Å². The molecule has 0 aromatic heterocycles. The molecular formula is C11H13NS. The standard InChI is InChI=1S/C11H13NS/c1-3-6-10-7-4-5-8-11(10)12-9(2)13/h3-8H,1-2H3,(H,12,13). The van der Waals surface area contributed by atoms with Gasteiger partial charge in [-0.15, -0.1) is 0 Å². The number of nitrogens with one attached hydrogen (secondary N) is 1. The molecule has 0 unspecified atom stereocenters. The van der Waals surface area contributed by atoms with E-state index in [9.17, 15) is 0 Å². The molecular weight excluding hydrogens is 178 g/mol. The predicted octanol–water partition coefficient (Wildman–Crippen LogP) is 3.48. The van der Waals surface area contributed by atoms with Gasteiger partial charge in [0, 0.05) is 5.69 Å². The third-order valence-corrected chi connectivity index (χ3v) is 1.72. The minimum Gasteiger partial charge on any atom is -0.350 e. The van der Waals surface area contributed by atoms with Gasteiger partial charge in [0.15, 0.2) is 0 Å². The van der Waals surface area contributed by atoms with Gasteiger partial charge in [-0.05, 0) is 25.5 Å². The van der Waals surface area contributed by atoms with Crippen LogP contribution in [0.25, 0.3) is 6.08 Å². The van der Waals surface area contributed by atoms with E-state index in [0.717, 1.165) is 16.2 Å². The first-order chi connectivity index (χ1) is 6.24. The van der Waals surface area contributed by atoms with Crippen LogP contribution in [0.3, 0.4) is 0 Å². The molecule has 0 aliphatic heterocycles. The topological polar surface area (TPSA) is 12.0 Å². The van der Waals surface area contributed by atoms with Crippen LogP contribution in [-0.4, -0.2) is 4.99 Å². The van der Waals surface area contributed by atoms with Crippen molar-refractivity contribution in [2.45, 2.75) is 13.8 Å². The van der Waals surface area contributed by atoms with E-state index in [1.807, 2.05) is 38.1 Å². The zero-order valence-corrected chi connectivity index (χ0v) is 8.69. The van der Waals surface area contributed by atoms with Gasteiger partial charge in [0.05, 0.1) is 4.99 Å². The van der Waals surface area contributed by atoms with Crippen LogP contribution in [0.2, 0.25) is 0 Å². The molecule has 0 saturated heterocycles. The molecule has 1 N–H and O–H groups in total. The fourth-order valence-electron chi connectivity index (χ4n) is 1.13. The van der Waals surface area contributed by atoms with Crippen molar-refractivity contribution in [3.8, 4) is 0 Å². The maximum Gasteiger partial charge on any atom is 0.0765 e. The maximum absolute atomic E-state index is 4.99. The number of para-hydroxylation sites is 1. The van der Waals surface area contributed by atoms with Gasteiger partial charge < -0.3 is 5.32 Å². The van der Waals surface area contributed by atoms with Crippen LogP contribution in [0.5, 0.6) is 0 Å². The van der Waals surface area contributed by atoms with E-state index >= 15 is 0 Å². The van der Waals surface area contributed by atoms with Gasteiger partial charge in [-0.1, -0.05) is 42.6 Å².